The Hall–Kier alpha value is -3.37. The molecule has 3 aromatic rings. The van der Waals surface area contributed by atoms with Crippen LogP contribution in [0.25, 0.3) is 6.08 Å². The zero-order valence-electron chi connectivity index (χ0n) is 16.2. The Morgan fingerprint density at radius 3 is 2.77 bits per heavy atom. The maximum atomic E-state index is 12.9. The Labute approximate surface area is 192 Å². The number of nitrogens with zero attached hydrogens (tertiary/aromatic N) is 2. The Morgan fingerprint density at radius 1 is 1.35 bits per heavy atom. The predicted octanol–water partition coefficient (Wildman–Crippen LogP) is 2.86. The number of halogens is 1. The molecule has 0 spiro atoms. The molecule has 0 atom stereocenters. The van der Waals surface area contributed by atoms with E-state index in [2.05, 4.69) is 25.6 Å². The molecule has 0 aliphatic heterocycles. The fraction of sp³-hybridized carbons (Fsp3) is 0.0500. The van der Waals surface area contributed by atoms with E-state index in [1.54, 1.807) is 18.2 Å². The van der Waals surface area contributed by atoms with Gasteiger partial charge in [-0.05, 0) is 59.0 Å². The number of hydrogen-bond donors (Lipinski definition) is 4. The molecule has 0 amide bonds. The van der Waals surface area contributed by atoms with Gasteiger partial charge >= 0.3 is 0 Å². The van der Waals surface area contributed by atoms with Crippen LogP contribution in [-0.2, 0) is 10.0 Å². The topological polar surface area (TPSA) is 147 Å². The monoisotopic (exact) mass is 548 g/mol. The molecule has 0 radical (unpaired) electrons. The van der Waals surface area contributed by atoms with Crippen molar-refractivity contribution in [3.63, 3.8) is 0 Å². The standard InChI is InChI=1S/C20H17IN6O3S/c1-3-14-11-24-19(26-14)7-5-15(22)12-8-17(20(30-2)25-10-12)27-31(28,29)18-6-4-13(21)9-16(18)23/h1,4-11,22,27H,23H2,2H3,(H,24,26)/b7-5-,22-15?. The Morgan fingerprint density at radius 2 is 2.13 bits per heavy atom. The Bertz CT molecular complexity index is 1320. The van der Waals surface area contributed by atoms with Gasteiger partial charge in [0.2, 0.25) is 5.88 Å². The lowest BCUT2D eigenvalue weighted by molar-refractivity contribution is 0.400. The summed E-state index contributed by atoms with van der Waals surface area (Å²) in [6.07, 6.45) is 11.3. The van der Waals surface area contributed by atoms with Crippen LogP contribution >= 0.6 is 22.6 Å². The van der Waals surface area contributed by atoms with E-state index in [1.165, 1.54) is 37.7 Å². The van der Waals surface area contributed by atoms with E-state index in [0.717, 1.165) is 3.57 Å². The lowest BCUT2D eigenvalue weighted by atomic mass is 10.1. The Balaban J connectivity index is 1.89. The number of benzene rings is 1. The lowest BCUT2D eigenvalue weighted by Gasteiger charge is -2.13. The second-order valence-electron chi connectivity index (χ2n) is 6.14. The molecule has 1 aromatic carbocycles. The van der Waals surface area contributed by atoms with Gasteiger partial charge in [-0.25, -0.2) is 18.4 Å². The molecular weight excluding hydrogens is 531 g/mol. The molecule has 2 aromatic heterocycles. The van der Waals surface area contributed by atoms with E-state index in [0.29, 0.717) is 17.1 Å². The minimum Gasteiger partial charge on any atom is -0.480 e. The number of rotatable bonds is 7. The van der Waals surface area contributed by atoms with Crippen LogP contribution in [0.3, 0.4) is 0 Å². The van der Waals surface area contributed by atoms with Crippen LogP contribution in [0.5, 0.6) is 5.88 Å². The number of hydrogen-bond acceptors (Lipinski definition) is 7. The minimum atomic E-state index is -4.01. The highest BCUT2D eigenvalue weighted by Gasteiger charge is 2.21. The summed E-state index contributed by atoms with van der Waals surface area (Å²) in [7, 11) is -2.65. The molecule has 11 heteroatoms. The number of nitrogens with one attached hydrogen (secondary N) is 3. The van der Waals surface area contributed by atoms with Crippen molar-refractivity contribution < 1.29 is 13.2 Å². The molecule has 0 saturated heterocycles. The maximum absolute atomic E-state index is 12.9. The predicted molar refractivity (Wildman–Crippen MR) is 128 cm³/mol. The summed E-state index contributed by atoms with van der Waals surface area (Å²) in [4.78, 5) is 11.0. The van der Waals surface area contributed by atoms with Crippen molar-refractivity contribution in [3.8, 4) is 18.2 Å². The van der Waals surface area contributed by atoms with Gasteiger partial charge in [0.1, 0.15) is 22.1 Å². The zero-order valence-corrected chi connectivity index (χ0v) is 19.2. The highest BCUT2D eigenvalue weighted by molar-refractivity contribution is 14.1. The van der Waals surface area contributed by atoms with Crippen molar-refractivity contribution in [2.45, 2.75) is 4.90 Å². The average molecular weight is 548 g/mol. The molecule has 158 valence electrons. The Kier molecular flexibility index (Phi) is 6.62. The molecule has 0 fully saturated rings. The summed E-state index contributed by atoms with van der Waals surface area (Å²) >= 11 is 2.04. The van der Waals surface area contributed by atoms with E-state index in [9.17, 15) is 8.42 Å². The minimum absolute atomic E-state index is 0.0536. The summed E-state index contributed by atoms with van der Waals surface area (Å²) in [6, 6.07) is 6.07. The smallest absolute Gasteiger partial charge is 0.264 e. The van der Waals surface area contributed by atoms with Crippen LogP contribution in [0.1, 0.15) is 17.1 Å². The number of methoxy groups -OCH3 is 1. The third kappa shape index (κ3) is 5.22. The van der Waals surface area contributed by atoms with Crippen molar-refractivity contribution in [2.75, 3.05) is 17.6 Å². The van der Waals surface area contributed by atoms with Crippen LogP contribution in [0, 0.1) is 21.3 Å². The van der Waals surface area contributed by atoms with E-state index in [1.807, 2.05) is 22.6 Å². The number of ether oxygens (including phenoxy) is 1. The summed E-state index contributed by atoms with van der Waals surface area (Å²) in [6.45, 7) is 0. The molecule has 0 bridgehead atoms. The van der Waals surface area contributed by atoms with E-state index < -0.39 is 10.0 Å². The van der Waals surface area contributed by atoms with Crippen molar-refractivity contribution in [1.29, 1.82) is 5.41 Å². The van der Waals surface area contributed by atoms with Gasteiger partial charge in [0.15, 0.2) is 0 Å². The first kappa shape index (κ1) is 22.3. The first-order valence-corrected chi connectivity index (χ1v) is 11.2. The van der Waals surface area contributed by atoms with Gasteiger partial charge in [-0.1, -0.05) is 5.92 Å². The average Bonchev–Trinajstić information content (AvgIpc) is 3.19. The van der Waals surface area contributed by atoms with E-state index in [4.69, 9.17) is 22.3 Å². The van der Waals surface area contributed by atoms with Crippen molar-refractivity contribution in [1.82, 2.24) is 15.0 Å². The molecule has 2 heterocycles. The molecule has 9 nitrogen and oxygen atoms in total. The fourth-order valence-corrected chi connectivity index (χ4v) is 4.23. The highest BCUT2D eigenvalue weighted by atomic mass is 127. The summed E-state index contributed by atoms with van der Waals surface area (Å²) < 4.78 is 34.1. The van der Waals surface area contributed by atoms with Crippen molar-refractivity contribution in [2.24, 2.45) is 0 Å². The number of terminal acetylenes is 1. The first-order chi connectivity index (χ1) is 14.7. The number of imidazole rings is 1. The fourth-order valence-electron chi connectivity index (χ4n) is 2.55. The number of nitrogens with two attached hydrogens (primary N) is 1. The van der Waals surface area contributed by atoms with Gasteiger partial charge < -0.3 is 20.9 Å². The van der Waals surface area contributed by atoms with Crippen molar-refractivity contribution in [3.05, 3.63) is 63.4 Å². The summed E-state index contributed by atoms with van der Waals surface area (Å²) in [5.74, 6) is 2.96. The molecule has 31 heavy (non-hydrogen) atoms. The first-order valence-electron chi connectivity index (χ1n) is 8.64. The molecule has 5 N–H and O–H groups in total. The van der Waals surface area contributed by atoms with Gasteiger partial charge in [0.25, 0.3) is 10.0 Å². The number of nitrogen functional groups attached to an aromatic ring is 1. The molecule has 0 aliphatic rings. The number of H-pyrrole nitrogens is 1. The number of pyridine rings is 1. The SMILES string of the molecule is C#Cc1cnc(/C=C\C(=N)c2cnc(OC)c(NS(=O)(=O)c3ccc(I)cc3N)c2)[nH]1. The normalized spacial score (nSPS) is 11.3. The van der Waals surface area contributed by atoms with Crippen LogP contribution < -0.4 is 15.2 Å². The van der Waals surface area contributed by atoms with Crippen LogP contribution in [0.2, 0.25) is 0 Å². The molecule has 0 aliphatic carbocycles. The zero-order chi connectivity index (χ0) is 22.6. The van der Waals surface area contributed by atoms with Gasteiger partial charge in [0.05, 0.1) is 24.7 Å². The lowest BCUT2D eigenvalue weighted by Crippen LogP contribution is -2.16. The third-order valence-electron chi connectivity index (χ3n) is 4.02. The number of allylic oxidation sites excluding steroid dienone is 1. The quantitative estimate of drug-likeness (QED) is 0.155. The van der Waals surface area contributed by atoms with Crippen LogP contribution in [0.4, 0.5) is 11.4 Å². The van der Waals surface area contributed by atoms with Gasteiger partial charge in [-0.3, -0.25) is 4.72 Å². The number of aromatic nitrogens is 3. The summed E-state index contributed by atoms with van der Waals surface area (Å²) in [5, 5.41) is 8.26. The molecule has 0 unspecified atom stereocenters. The molecular formula is C20H17IN6O3S. The largest absolute Gasteiger partial charge is 0.480 e. The van der Waals surface area contributed by atoms with E-state index in [-0.39, 0.29) is 27.9 Å². The van der Waals surface area contributed by atoms with Crippen LogP contribution in [-0.4, -0.2) is 36.2 Å². The molecule has 0 saturated carbocycles. The van der Waals surface area contributed by atoms with Gasteiger partial charge in [0, 0.05) is 15.3 Å². The van der Waals surface area contributed by atoms with Crippen molar-refractivity contribution >= 4 is 55.8 Å². The number of sulfonamides is 1. The highest BCUT2D eigenvalue weighted by Crippen LogP contribution is 2.28. The summed E-state index contributed by atoms with van der Waals surface area (Å²) in [5.41, 5.74) is 7.01. The second kappa shape index (κ2) is 9.19. The van der Waals surface area contributed by atoms with Crippen LogP contribution in [0.15, 0.2) is 47.6 Å². The van der Waals surface area contributed by atoms with Gasteiger partial charge in [-0.15, -0.1) is 6.42 Å². The maximum Gasteiger partial charge on any atom is 0.264 e. The van der Waals surface area contributed by atoms with Gasteiger partial charge in [-0.2, -0.15) is 0 Å². The number of aromatic amines is 1. The van der Waals surface area contributed by atoms with E-state index >= 15 is 0 Å². The molecule has 3 rings (SSSR count). The third-order valence-corrected chi connectivity index (χ3v) is 6.13. The number of anilines is 2. The second-order valence-corrected chi connectivity index (χ2v) is 9.04.